The average Bonchev–Trinajstić information content (AvgIpc) is 2.69. The number of fused-ring (bicyclic) bond motifs is 1. The van der Waals surface area contributed by atoms with Crippen molar-refractivity contribution in [3.05, 3.63) is 11.6 Å². The highest BCUT2D eigenvalue weighted by Crippen LogP contribution is 2.37. The topological polar surface area (TPSA) is 72.6 Å². The largest absolute Gasteiger partial charge is 0.444 e. The van der Waals surface area contributed by atoms with Crippen molar-refractivity contribution in [2.45, 2.75) is 32.8 Å². The van der Waals surface area contributed by atoms with Crippen LogP contribution in [0.5, 0.6) is 0 Å². The van der Waals surface area contributed by atoms with Crippen molar-refractivity contribution in [3.63, 3.8) is 0 Å². The molecule has 2 rings (SSSR count). The van der Waals surface area contributed by atoms with E-state index in [-0.39, 0.29) is 17.9 Å². The first-order chi connectivity index (χ1) is 8.26. The summed E-state index contributed by atoms with van der Waals surface area (Å²) in [5.41, 5.74) is 5.50. The van der Waals surface area contributed by atoms with Gasteiger partial charge in [0, 0.05) is 24.6 Å². The highest BCUT2D eigenvalue weighted by molar-refractivity contribution is 5.92. The highest BCUT2D eigenvalue weighted by Gasteiger charge is 2.40. The van der Waals surface area contributed by atoms with Crippen molar-refractivity contribution < 1.29 is 14.3 Å². The van der Waals surface area contributed by atoms with Gasteiger partial charge in [0.05, 0.1) is 0 Å². The number of primary amides is 1. The molecular weight excluding hydrogens is 232 g/mol. The van der Waals surface area contributed by atoms with E-state index in [1.54, 1.807) is 4.90 Å². The summed E-state index contributed by atoms with van der Waals surface area (Å²) in [6.45, 7) is 6.83. The smallest absolute Gasteiger partial charge is 0.410 e. The first-order valence-electron chi connectivity index (χ1n) is 6.24. The second kappa shape index (κ2) is 4.30. The van der Waals surface area contributed by atoms with Gasteiger partial charge in [0.25, 0.3) is 0 Å². The van der Waals surface area contributed by atoms with Crippen LogP contribution < -0.4 is 5.73 Å². The molecule has 100 valence electrons. The number of amides is 2. The number of ether oxygens (including phenoxy) is 1. The van der Waals surface area contributed by atoms with Crippen molar-refractivity contribution in [3.8, 4) is 0 Å². The normalized spacial score (nSPS) is 26.8. The van der Waals surface area contributed by atoms with E-state index in [9.17, 15) is 9.59 Å². The molecule has 5 heteroatoms. The molecule has 2 aliphatic rings. The van der Waals surface area contributed by atoms with Crippen molar-refractivity contribution in [1.82, 2.24) is 4.90 Å². The lowest BCUT2D eigenvalue weighted by Gasteiger charge is -2.24. The summed E-state index contributed by atoms with van der Waals surface area (Å²) >= 11 is 0. The maximum absolute atomic E-state index is 11.9. The third-order valence-corrected chi connectivity index (χ3v) is 3.36. The number of likely N-dealkylation sites (tertiary alicyclic amines) is 1. The van der Waals surface area contributed by atoms with Gasteiger partial charge >= 0.3 is 6.09 Å². The van der Waals surface area contributed by atoms with Gasteiger partial charge in [-0.25, -0.2) is 4.79 Å². The molecule has 2 unspecified atom stereocenters. The molecule has 2 N–H and O–H groups in total. The Labute approximate surface area is 107 Å². The minimum absolute atomic E-state index is 0.250. The van der Waals surface area contributed by atoms with Crippen molar-refractivity contribution in [2.24, 2.45) is 17.6 Å². The van der Waals surface area contributed by atoms with E-state index in [1.807, 2.05) is 26.8 Å². The number of hydrogen-bond acceptors (Lipinski definition) is 3. The van der Waals surface area contributed by atoms with Crippen LogP contribution in [0.15, 0.2) is 11.6 Å². The summed E-state index contributed by atoms with van der Waals surface area (Å²) in [6, 6.07) is 0. The summed E-state index contributed by atoms with van der Waals surface area (Å²) < 4.78 is 5.34. The lowest BCUT2D eigenvalue weighted by Crippen LogP contribution is -2.35. The molecule has 2 atom stereocenters. The Morgan fingerprint density at radius 3 is 2.56 bits per heavy atom. The molecule has 1 heterocycles. The van der Waals surface area contributed by atoms with Gasteiger partial charge in [-0.1, -0.05) is 6.08 Å². The van der Waals surface area contributed by atoms with Gasteiger partial charge in [0.2, 0.25) is 5.91 Å². The maximum Gasteiger partial charge on any atom is 0.410 e. The van der Waals surface area contributed by atoms with Gasteiger partial charge in [0.1, 0.15) is 5.60 Å². The zero-order valence-electron chi connectivity index (χ0n) is 11.1. The maximum atomic E-state index is 11.9. The molecule has 1 fully saturated rings. The molecule has 1 saturated heterocycles. The molecule has 5 nitrogen and oxygen atoms in total. The van der Waals surface area contributed by atoms with E-state index in [0.29, 0.717) is 31.0 Å². The quantitative estimate of drug-likeness (QED) is 0.764. The van der Waals surface area contributed by atoms with E-state index >= 15 is 0 Å². The fraction of sp³-hybridized carbons (Fsp3) is 0.692. The van der Waals surface area contributed by atoms with Gasteiger partial charge in [0.15, 0.2) is 0 Å². The fourth-order valence-electron chi connectivity index (χ4n) is 2.57. The molecule has 1 aliphatic carbocycles. The molecule has 0 bridgehead atoms. The highest BCUT2D eigenvalue weighted by atomic mass is 16.6. The molecule has 1 aliphatic heterocycles. The number of hydrogen-bond donors (Lipinski definition) is 1. The number of nitrogens with two attached hydrogens (primary N) is 1. The van der Waals surface area contributed by atoms with E-state index in [1.165, 1.54) is 0 Å². The third kappa shape index (κ3) is 2.66. The van der Waals surface area contributed by atoms with E-state index in [4.69, 9.17) is 10.5 Å². The van der Waals surface area contributed by atoms with Gasteiger partial charge < -0.3 is 15.4 Å². The van der Waals surface area contributed by atoms with Gasteiger partial charge in [-0.15, -0.1) is 0 Å². The van der Waals surface area contributed by atoms with Crippen LogP contribution in [0.3, 0.4) is 0 Å². The number of nitrogens with zero attached hydrogens (tertiary/aromatic N) is 1. The van der Waals surface area contributed by atoms with Crippen LogP contribution in [0.4, 0.5) is 4.79 Å². The third-order valence-electron chi connectivity index (χ3n) is 3.36. The minimum atomic E-state index is -0.469. The molecule has 0 aromatic rings. The van der Waals surface area contributed by atoms with E-state index in [0.717, 1.165) is 0 Å². The Bertz CT molecular complexity index is 409. The van der Waals surface area contributed by atoms with Crippen LogP contribution in [0.25, 0.3) is 0 Å². The van der Waals surface area contributed by atoms with Crippen molar-refractivity contribution in [2.75, 3.05) is 13.1 Å². The number of carbonyl (C=O) groups is 2. The average molecular weight is 252 g/mol. The Hall–Kier alpha value is -1.52. The second-order valence-corrected chi connectivity index (χ2v) is 6.07. The molecule has 18 heavy (non-hydrogen) atoms. The SMILES string of the molecule is CC(C)(C)OC(=O)N1CC2C=C(C(N)=O)CC2C1. The van der Waals surface area contributed by atoms with Crippen LogP contribution in [0.1, 0.15) is 27.2 Å². The monoisotopic (exact) mass is 252 g/mol. The van der Waals surface area contributed by atoms with Gasteiger partial charge in [-0.2, -0.15) is 0 Å². The van der Waals surface area contributed by atoms with Gasteiger partial charge in [-0.3, -0.25) is 4.79 Å². The van der Waals surface area contributed by atoms with Crippen LogP contribution in [0.2, 0.25) is 0 Å². The zero-order chi connectivity index (χ0) is 13.5. The van der Waals surface area contributed by atoms with Crippen molar-refractivity contribution in [1.29, 1.82) is 0 Å². The van der Waals surface area contributed by atoms with Crippen molar-refractivity contribution >= 4 is 12.0 Å². The standard InChI is InChI=1S/C13H20N2O3/c1-13(2,3)18-12(17)15-6-9-4-8(11(14)16)5-10(9)7-15/h4,9-10H,5-7H2,1-3H3,(H2,14,16). The Kier molecular flexibility index (Phi) is 3.09. The molecule has 2 amide bonds. The van der Waals surface area contributed by atoms with E-state index < -0.39 is 5.60 Å². The molecule has 0 radical (unpaired) electrons. The molecule has 0 aromatic heterocycles. The summed E-state index contributed by atoms with van der Waals surface area (Å²) in [5, 5.41) is 0. The minimum Gasteiger partial charge on any atom is -0.444 e. The number of rotatable bonds is 1. The molecule has 0 spiro atoms. The van der Waals surface area contributed by atoms with E-state index in [2.05, 4.69) is 0 Å². The predicted octanol–water partition coefficient (Wildman–Crippen LogP) is 1.28. The lowest BCUT2D eigenvalue weighted by atomic mass is 10.00. The zero-order valence-corrected chi connectivity index (χ0v) is 11.1. The lowest BCUT2D eigenvalue weighted by molar-refractivity contribution is -0.114. The van der Waals surface area contributed by atoms with Crippen LogP contribution in [-0.4, -0.2) is 35.6 Å². The summed E-state index contributed by atoms with van der Waals surface area (Å²) in [4.78, 5) is 24.7. The summed E-state index contributed by atoms with van der Waals surface area (Å²) in [5.74, 6) is 0.230. The summed E-state index contributed by atoms with van der Waals surface area (Å²) in [7, 11) is 0. The van der Waals surface area contributed by atoms with Gasteiger partial charge in [-0.05, 0) is 33.1 Å². The fourth-order valence-corrected chi connectivity index (χ4v) is 2.57. The Balaban J connectivity index is 1.95. The predicted molar refractivity (Wildman–Crippen MR) is 66.7 cm³/mol. The van der Waals surface area contributed by atoms with Crippen LogP contribution in [-0.2, 0) is 9.53 Å². The Morgan fingerprint density at radius 1 is 1.39 bits per heavy atom. The summed E-state index contributed by atoms with van der Waals surface area (Å²) in [6.07, 6.45) is 2.32. The van der Waals surface area contributed by atoms with Crippen LogP contribution >= 0.6 is 0 Å². The number of carbonyl (C=O) groups excluding carboxylic acids is 2. The first-order valence-corrected chi connectivity index (χ1v) is 6.24. The molecule has 0 aromatic carbocycles. The first kappa shape index (κ1) is 12.9. The molecular formula is C13H20N2O3. The second-order valence-electron chi connectivity index (χ2n) is 6.07. The molecule has 0 saturated carbocycles. The Morgan fingerprint density at radius 2 is 2.06 bits per heavy atom. The van der Waals surface area contributed by atoms with Crippen LogP contribution in [0, 0.1) is 11.8 Å².